The maximum Gasteiger partial charge on any atom is 0.298 e. The van der Waals surface area contributed by atoms with Gasteiger partial charge < -0.3 is 9.84 Å². The van der Waals surface area contributed by atoms with Gasteiger partial charge in [-0.3, -0.25) is 19.3 Å². The Morgan fingerprint density at radius 1 is 0.727 bits per heavy atom. The first kappa shape index (κ1) is 19.6. The minimum Gasteiger partial charge on any atom is -0.428 e. The number of carbonyl (C=O) groups is 3. The van der Waals surface area contributed by atoms with Crippen molar-refractivity contribution in [3.05, 3.63) is 65.7 Å². The number of aliphatic hydroxyl groups is 1. The second-order valence-corrected chi connectivity index (χ2v) is 8.32. The van der Waals surface area contributed by atoms with Crippen LogP contribution in [0.4, 0.5) is 0 Å². The van der Waals surface area contributed by atoms with Crippen LogP contribution in [0.1, 0.15) is 33.6 Å². The number of carbonyl (C=O) groups excluding carboxylic acids is 3. The number of amides is 2. The van der Waals surface area contributed by atoms with E-state index in [1.54, 1.807) is 18.2 Å². The molecule has 5 aromatic carbocycles. The molecular weight excluding hydrogens is 418 g/mol. The molecule has 0 fully saturated rings. The lowest BCUT2D eigenvalue weighted by atomic mass is 9.84. The number of imide groups is 1. The fraction of sp³-hybridized carbons (Fsp3) is 0.148. The van der Waals surface area contributed by atoms with E-state index in [4.69, 9.17) is 9.84 Å². The van der Waals surface area contributed by atoms with Crippen LogP contribution in [0.3, 0.4) is 0 Å². The monoisotopic (exact) mass is 437 g/mol. The summed E-state index contributed by atoms with van der Waals surface area (Å²) in [5.74, 6) is -0.107. The molecule has 1 aliphatic heterocycles. The van der Waals surface area contributed by atoms with Crippen LogP contribution in [0.25, 0.3) is 43.1 Å². The van der Waals surface area contributed by atoms with E-state index in [1.165, 1.54) is 4.90 Å². The predicted molar refractivity (Wildman–Crippen MR) is 126 cm³/mol. The lowest BCUT2D eigenvalue weighted by Crippen LogP contribution is -2.41. The summed E-state index contributed by atoms with van der Waals surface area (Å²) < 4.78 is 5.21. The molecule has 6 rings (SSSR count). The van der Waals surface area contributed by atoms with Gasteiger partial charge >= 0.3 is 0 Å². The van der Waals surface area contributed by atoms with Gasteiger partial charge in [0, 0.05) is 40.4 Å². The highest BCUT2D eigenvalue weighted by atomic mass is 16.5. The third-order valence-electron chi connectivity index (χ3n) is 6.66. The first-order valence-electron chi connectivity index (χ1n) is 10.9. The van der Waals surface area contributed by atoms with Crippen LogP contribution in [-0.4, -0.2) is 41.4 Å². The van der Waals surface area contributed by atoms with E-state index < -0.39 is 0 Å². The number of hydrogen-bond acceptors (Lipinski definition) is 5. The van der Waals surface area contributed by atoms with E-state index in [2.05, 4.69) is 0 Å². The van der Waals surface area contributed by atoms with Crippen molar-refractivity contribution >= 4 is 61.4 Å². The van der Waals surface area contributed by atoms with Gasteiger partial charge in [-0.1, -0.05) is 30.3 Å². The number of ether oxygens (including phenoxy) is 1. The molecule has 5 aromatic rings. The number of unbranched alkanes of at least 4 members (excludes halogenated alkanes) is 1. The highest BCUT2D eigenvalue weighted by Crippen LogP contribution is 2.45. The molecule has 0 aromatic heterocycles. The molecule has 0 aliphatic carbocycles. The number of rotatable bonds is 6. The van der Waals surface area contributed by atoms with Gasteiger partial charge in [-0.25, -0.2) is 0 Å². The van der Waals surface area contributed by atoms with E-state index in [9.17, 15) is 14.4 Å². The van der Waals surface area contributed by atoms with Crippen molar-refractivity contribution in [3.63, 3.8) is 0 Å². The molecule has 6 heteroatoms. The minimum absolute atomic E-state index is 0.0274. The molecule has 1 aliphatic rings. The van der Waals surface area contributed by atoms with Crippen LogP contribution in [0.2, 0.25) is 0 Å². The molecule has 0 saturated carbocycles. The number of nitrogens with zero attached hydrogens (tertiary/aromatic N) is 1. The Hall–Kier alpha value is -4.03. The van der Waals surface area contributed by atoms with E-state index in [1.807, 2.05) is 36.4 Å². The number of benzene rings is 5. The third kappa shape index (κ3) is 2.61. The maximum absolute atomic E-state index is 13.3. The maximum atomic E-state index is 13.3. The van der Waals surface area contributed by atoms with Crippen LogP contribution in [-0.2, 0) is 4.79 Å². The van der Waals surface area contributed by atoms with Crippen molar-refractivity contribution in [1.29, 1.82) is 0 Å². The minimum atomic E-state index is -0.298. The Kier molecular flexibility index (Phi) is 4.32. The smallest absolute Gasteiger partial charge is 0.298 e. The van der Waals surface area contributed by atoms with Crippen molar-refractivity contribution in [2.45, 2.75) is 12.8 Å². The molecule has 0 spiro atoms. The summed E-state index contributed by atoms with van der Waals surface area (Å²) in [4.78, 5) is 38.9. The highest BCUT2D eigenvalue weighted by Gasteiger charge is 2.33. The highest BCUT2D eigenvalue weighted by molar-refractivity contribution is 6.38. The Morgan fingerprint density at radius 3 is 2.00 bits per heavy atom. The standard InChI is InChI=1S/C27H19NO5/c29-13-2-1-12-28-26(31)20-8-6-17-15-4-3-5-19-22(33-14-30)11-10-16(23(15)19)18-7-9-21(27(28)32)25(20)24(17)18/h3-11,14,29H,1-2,12-13H2. The van der Waals surface area contributed by atoms with E-state index in [0.29, 0.717) is 41.6 Å². The van der Waals surface area contributed by atoms with Gasteiger partial charge in [0.15, 0.2) is 0 Å². The summed E-state index contributed by atoms with van der Waals surface area (Å²) >= 11 is 0. The average Bonchev–Trinajstić information content (AvgIpc) is 2.84. The topological polar surface area (TPSA) is 83.9 Å². The van der Waals surface area contributed by atoms with Gasteiger partial charge in [0.2, 0.25) is 0 Å². The van der Waals surface area contributed by atoms with Gasteiger partial charge in [-0.05, 0) is 64.0 Å². The zero-order chi connectivity index (χ0) is 22.7. The fourth-order valence-corrected chi connectivity index (χ4v) is 5.25. The van der Waals surface area contributed by atoms with Gasteiger partial charge in [0.1, 0.15) is 5.75 Å². The molecule has 1 N–H and O–H groups in total. The normalized spacial score (nSPS) is 13.7. The second-order valence-electron chi connectivity index (χ2n) is 8.32. The van der Waals surface area contributed by atoms with Crippen LogP contribution < -0.4 is 4.74 Å². The summed E-state index contributed by atoms with van der Waals surface area (Å²) in [5, 5.41) is 16.3. The first-order chi connectivity index (χ1) is 16.2. The Bertz CT molecular complexity index is 1550. The van der Waals surface area contributed by atoms with Crippen molar-refractivity contribution in [2.75, 3.05) is 13.2 Å². The van der Waals surface area contributed by atoms with Crippen molar-refractivity contribution < 1.29 is 24.2 Å². The van der Waals surface area contributed by atoms with E-state index >= 15 is 0 Å². The van der Waals surface area contributed by atoms with E-state index in [-0.39, 0.29) is 25.0 Å². The second kappa shape index (κ2) is 7.25. The Labute approximate surface area is 188 Å². The predicted octanol–water partition coefficient (Wildman–Crippen LogP) is 4.64. The largest absolute Gasteiger partial charge is 0.428 e. The van der Waals surface area contributed by atoms with Crippen LogP contribution in [0, 0.1) is 0 Å². The van der Waals surface area contributed by atoms with Crippen LogP contribution in [0.5, 0.6) is 5.75 Å². The van der Waals surface area contributed by atoms with Crippen LogP contribution in [0.15, 0.2) is 54.6 Å². The molecule has 0 atom stereocenters. The Balaban J connectivity index is 1.69. The first-order valence-corrected chi connectivity index (χ1v) is 10.9. The molecule has 0 bridgehead atoms. The van der Waals surface area contributed by atoms with Gasteiger partial charge in [0.25, 0.3) is 18.3 Å². The van der Waals surface area contributed by atoms with Gasteiger partial charge in [0.05, 0.1) is 0 Å². The molecule has 0 radical (unpaired) electrons. The fourth-order valence-electron chi connectivity index (χ4n) is 5.25. The van der Waals surface area contributed by atoms with Crippen molar-refractivity contribution in [2.24, 2.45) is 0 Å². The average molecular weight is 437 g/mol. The molecular formula is C27H19NO5. The number of aliphatic hydroxyl groups excluding tert-OH is 1. The molecule has 1 heterocycles. The Morgan fingerprint density at radius 2 is 1.33 bits per heavy atom. The molecule has 2 amide bonds. The van der Waals surface area contributed by atoms with E-state index in [0.717, 1.165) is 37.7 Å². The third-order valence-corrected chi connectivity index (χ3v) is 6.66. The molecule has 0 unspecified atom stereocenters. The van der Waals surface area contributed by atoms with Gasteiger partial charge in [-0.2, -0.15) is 0 Å². The zero-order valence-electron chi connectivity index (χ0n) is 17.6. The van der Waals surface area contributed by atoms with Crippen molar-refractivity contribution in [3.8, 4) is 5.75 Å². The lowest BCUT2D eigenvalue weighted by Gasteiger charge is -2.28. The quantitative estimate of drug-likeness (QED) is 0.138. The molecule has 33 heavy (non-hydrogen) atoms. The zero-order valence-corrected chi connectivity index (χ0v) is 17.6. The summed E-state index contributed by atoms with van der Waals surface area (Å²) in [6.45, 7) is 0.736. The summed E-state index contributed by atoms with van der Waals surface area (Å²) in [6, 6.07) is 17.0. The van der Waals surface area contributed by atoms with Crippen LogP contribution >= 0.6 is 0 Å². The summed E-state index contributed by atoms with van der Waals surface area (Å²) in [7, 11) is 0. The molecule has 162 valence electrons. The van der Waals surface area contributed by atoms with Crippen molar-refractivity contribution in [1.82, 2.24) is 4.90 Å². The number of fused-ring (bicyclic) bond motifs is 2. The number of hydrogen-bond donors (Lipinski definition) is 1. The van der Waals surface area contributed by atoms with Gasteiger partial charge in [-0.15, -0.1) is 0 Å². The SMILES string of the molecule is O=COc1ccc2c3ccc4c5c(ccc(c6cccc1c62)c53)C(=O)N(CCCCO)C4=O. The summed E-state index contributed by atoms with van der Waals surface area (Å²) in [6.07, 6.45) is 1.09. The lowest BCUT2D eigenvalue weighted by molar-refractivity contribution is -0.120. The molecule has 0 saturated heterocycles. The molecule has 6 nitrogen and oxygen atoms in total. The summed E-state index contributed by atoms with van der Waals surface area (Å²) in [5.41, 5.74) is 1.04.